The molecule has 0 fully saturated rings. The van der Waals surface area contributed by atoms with Crippen LogP contribution in [0.5, 0.6) is 0 Å². The third-order valence-electron chi connectivity index (χ3n) is 1.99. The molecule has 0 bridgehead atoms. The third kappa shape index (κ3) is 3.92. The van der Waals surface area contributed by atoms with Crippen molar-refractivity contribution in [2.45, 2.75) is 17.3 Å². The summed E-state index contributed by atoms with van der Waals surface area (Å²) in [7, 11) is 1.34. The number of hydrogen-bond acceptors (Lipinski definition) is 2. The van der Waals surface area contributed by atoms with Crippen LogP contribution < -0.4 is 4.90 Å². The van der Waals surface area contributed by atoms with Crippen LogP contribution >= 0.6 is 11.8 Å². The van der Waals surface area contributed by atoms with E-state index >= 15 is 0 Å². The van der Waals surface area contributed by atoms with Crippen molar-refractivity contribution in [3.63, 3.8) is 0 Å². The fourth-order valence-electron chi connectivity index (χ4n) is 1.13. The third-order valence-corrected chi connectivity index (χ3v) is 2.71. The second-order valence-corrected chi connectivity index (χ2v) is 4.38. The summed E-state index contributed by atoms with van der Waals surface area (Å²) in [5.74, 6) is -1.27. The number of rotatable bonds is 2. The number of nitrogens with zero attached hydrogens (tertiary/aromatic N) is 1. The zero-order valence-electron chi connectivity index (χ0n) is 9.01. The van der Waals surface area contributed by atoms with Crippen molar-refractivity contribution in [3.05, 3.63) is 24.0 Å². The van der Waals surface area contributed by atoms with Crippen molar-refractivity contribution in [1.82, 2.24) is 0 Å². The molecule has 94 valence electrons. The second kappa shape index (κ2) is 4.95. The van der Waals surface area contributed by atoms with Crippen LogP contribution in [0.2, 0.25) is 0 Å². The van der Waals surface area contributed by atoms with E-state index in [0.29, 0.717) is 0 Å². The van der Waals surface area contributed by atoms with Gasteiger partial charge in [0, 0.05) is 18.9 Å². The Hall–Kier alpha value is -1.24. The molecule has 0 radical (unpaired) electrons. The topological polar surface area (TPSA) is 20.3 Å². The number of halogens is 4. The molecule has 1 aromatic rings. The highest BCUT2D eigenvalue weighted by Crippen LogP contribution is 2.38. The van der Waals surface area contributed by atoms with Gasteiger partial charge in [0.05, 0.1) is 5.69 Å². The average Bonchev–Trinajstić information content (AvgIpc) is 2.14. The predicted octanol–water partition coefficient (Wildman–Crippen LogP) is 3.42. The Labute approximate surface area is 99.6 Å². The van der Waals surface area contributed by atoms with Crippen LogP contribution in [0.1, 0.15) is 6.92 Å². The molecule has 0 atom stereocenters. The second-order valence-electron chi connectivity index (χ2n) is 3.24. The molecule has 1 amide bonds. The first-order chi connectivity index (χ1) is 7.70. The fraction of sp³-hybridized carbons (Fsp3) is 0.300. The Bertz CT molecular complexity index is 433. The van der Waals surface area contributed by atoms with Gasteiger partial charge in [-0.05, 0) is 30.0 Å². The summed E-state index contributed by atoms with van der Waals surface area (Å²) < 4.78 is 49.6. The summed E-state index contributed by atoms with van der Waals surface area (Å²) in [6, 6.07) is 3.02. The van der Waals surface area contributed by atoms with Gasteiger partial charge in [-0.15, -0.1) is 0 Å². The summed E-state index contributed by atoms with van der Waals surface area (Å²) >= 11 is -0.400. The van der Waals surface area contributed by atoms with Crippen molar-refractivity contribution >= 4 is 23.4 Å². The minimum absolute atomic E-state index is 0.0518. The summed E-state index contributed by atoms with van der Waals surface area (Å²) in [5, 5.41) is 0. The van der Waals surface area contributed by atoms with E-state index in [1.54, 1.807) is 0 Å². The molecule has 0 aliphatic carbocycles. The predicted molar refractivity (Wildman–Crippen MR) is 57.4 cm³/mol. The number of anilines is 1. The smallest absolute Gasteiger partial charge is 0.313 e. The number of carbonyl (C=O) groups excluding carboxylic acids is 1. The maximum Gasteiger partial charge on any atom is 0.446 e. The highest BCUT2D eigenvalue weighted by Gasteiger charge is 2.29. The van der Waals surface area contributed by atoms with Gasteiger partial charge in [0.15, 0.2) is 0 Å². The quantitative estimate of drug-likeness (QED) is 0.604. The van der Waals surface area contributed by atoms with Crippen molar-refractivity contribution in [1.29, 1.82) is 0 Å². The van der Waals surface area contributed by atoms with E-state index in [1.807, 2.05) is 0 Å². The first kappa shape index (κ1) is 13.8. The number of alkyl halides is 3. The SMILES string of the molecule is CC(=O)N(C)c1ccc(SC(F)(F)F)cc1F. The normalized spacial score (nSPS) is 11.4. The molecule has 0 aliphatic heterocycles. The molecular formula is C10H9F4NOS. The molecule has 7 heteroatoms. The minimum Gasteiger partial charge on any atom is -0.313 e. The van der Waals surface area contributed by atoms with Gasteiger partial charge in [-0.1, -0.05) is 0 Å². The molecule has 0 heterocycles. The lowest BCUT2D eigenvalue weighted by molar-refractivity contribution is -0.116. The van der Waals surface area contributed by atoms with Crippen molar-refractivity contribution < 1.29 is 22.4 Å². The van der Waals surface area contributed by atoms with Gasteiger partial charge in [0.1, 0.15) is 5.82 Å². The minimum atomic E-state index is -4.46. The van der Waals surface area contributed by atoms with E-state index in [9.17, 15) is 22.4 Å². The van der Waals surface area contributed by atoms with Crippen molar-refractivity contribution in [2.24, 2.45) is 0 Å². The van der Waals surface area contributed by atoms with E-state index in [1.165, 1.54) is 14.0 Å². The Balaban J connectivity index is 2.98. The van der Waals surface area contributed by atoms with Crippen molar-refractivity contribution in [2.75, 3.05) is 11.9 Å². The van der Waals surface area contributed by atoms with Crippen LogP contribution in [0.15, 0.2) is 23.1 Å². The first-order valence-corrected chi connectivity index (χ1v) is 5.32. The van der Waals surface area contributed by atoms with Crippen LogP contribution in [-0.2, 0) is 4.79 Å². The maximum absolute atomic E-state index is 13.5. The zero-order chi connectivity index (χ0) is 13.2. The van der Waals surface area contributed by atoms with E-state index < -0.39 is 29.0 Å². The highest BCUT2D eigenvalue weighted by atomic mass is 32.2. The number of benzene rings is 1. The summed E-state index contributed by atoms with van der Waals surface area (Å²) in [6.45, 7) is 1.23. The van der Waals surface area contributed by atoms with Crippen LogP contribution in [0, 0.1) is 5.82 Å². The largest absolute Gasteiger partial charge is 0.446 e. The Morgan fingerprint density at radius 1 is 1.35 bits per heavy atom. The van der Waals surface area contributed by atoms with Gasteiger partial charge in [0.2, 0.25) is 5.91 Å². The summed E-state index contributed by atoms with van der Waals surface area (Å²) in [6.07, 6.45) is 0. The molecule has 0 aromatic heterocycles. The molecule has 0 spiro atoms. The molecule has 0 aliphatic rings. The Morgan fingerprint density at radius 3 is 2.35 bits per heavy atom. The molecule has 0 saturated carbocycles. The fourth-order valence-corrected chi connectivity index (χ4v) is 1.69. The number of carbonyl (C=O) groups is 1. The molecule has 0 saturated heterocycles. The van der Waals surface area contributed by atoms with E-state index in [4.69, 9.17) is 0 Å². The van der Waals surface area contributed by atoms with Crippen LogP contribution in [0.3, 0.4) is 0 Å². The molecule has 2 nitrogen and oxygen atoms in total. The van der Waals surface area contributed by atoms with Gasteiger partial charge in [-0.2, -0.15) is 13.2 Å². The van der Waals surface area contributed by atoms with E-state index in [0.717, 1.165) is 23.1 Å². The standard InChI is InChI=1S/C10H9F4NOS/c1-6(16)15(2)9-4-3-7(5-8(9)11)17-10(12,13)14/h3-5H,1-2H3. The monoisotopic (exact) mass is 267 g/mol. The summed E-state index contributed by atoms with van der Waals surface area (Å²) in [5.41, 5.74) is -4.51. The highest BCUT2D eigenvalue weighted by molar-refractivity contribution is 8.00. The van der Waals surface area contributed by atoms with E-state index in [2.05, 4.69) is 0 Å². The van der Waals surface area contributed by atoms with Crippen LogP contribution in [0.4, 0.5) is 23.2 Å². The van der Waals surface area contributed by atoms with Gasteiger partial charge < -0.3 is 4.90 Å². The molecule has 0 unspecified atom stereocenters. The molecular weight excluding hydrogens is 258 g/mol. The van der Waals surface area contributed by atoms with Crippen molar-refractivity contribution in [3.8, 4) is 0 Å². The van der Waals surface area contributed by atoms with E-state index in [-0.39, 0.29) is 10.6 Å². The summed E-state index contributed by atoms with van der Waals surface area (Å²) in [4.78, 5) is 11.8. The lowest BCUT2D eigenvalue weighted by atomic mass is 10.3. The lowest BCUT2D eigenvalue weighted by Gasteiger charge is -2.16. The van der Waals surface area contributed by atoms with Crippen LogP contribution in [0.25, 0.3) is 0 Å². The maximum atomic E-state index is 13.5. The van der Waals surface area contributed by atoms with Gasteiger partial charge in [0.25, 0.3) is 0 Å². The first-order valence-electron chi connectivity index (χ1n) is 4.50. The number of thioether (sulfide) groups is 1. The molecule has 17 heavy (non-hydrogen) atoms. The zero-order valence-corrected chi connectivity index (χ0v) is 9.82. The van der Waals surface area contributed by atoms with Gasteiger partial charge >= 0.3 is 5.51 Å². The number of amides is 1. The molecule has 0 N–H and O–H groups in total. The van der Waals surface area contributed by atoms with Crippen LogP contribution in [-0.4, -0.2) is 18.5 Å². The number of hydrogen-bond donors (Lipinski definition) is 0. The van der Waals surface area contributed by atoms with Gasteiger partial charge in [-0.3, -0.25) is 4.79 Å². The van der Waals surface area contributed by atoms with Gasteiger partial charge in [-0.25, -0.2) is 4.39 Å². The average molecular weight is 267 g/mol. The molecule has 1 aromatic carbocycles. The Kier molecular flexibility index (Phi) is 4.03. The lowest BCUT2D eigenvalue weighted by Crippen LogP contribution is -2.23. The Morgan fingerprint density at radius 2 is 1.94 bits per heavy atom. The molecule has 1 rings (SSSR count).